The number of para-hydroxylation sites is 1. The van der Waals surface area contributed by atoms with E-state index < -0.39 is 17.7 Å². The number of phenolic OH excluding ortho intramolecular Hbond substituents is 1. The molecule has 192 valence electrons. The molecular weight excluding hydrogens is 494 g/mol. The number of methoxy groups -OCH3 is 2. The van der Waals surface area contributed by atoms with Crippen molar-refractivity contribution in [2.45, 2.75) is 32.2 Å². The SMILES string of the molecule is COc1ccc(C(C)(C)C)cc1/C(O)=C1\C(=O)C(=O)N(c2ccccc2)C1c1cc(Cl)c(O)c(OC)c1. The minimum Gasteiger partial charge on any atom is -0.507 e. The molecule has 1 heterocycles. The van der Waals surface area contributed by atoms with Crippen LogP contribution in [-0.4, -0.2) is 36.1 Å². The molecule has 1 unspecified atom stereocenters. The largest absolute Gasteiger partial charge is 0.507 e. The second-order valence-electron chi connectivity index (χ2n) is 9.72. The lowest BCUT2D eigenvalue weighted by Gasteiger charge is -2.26. The molecule has 7 nitrogen and oxygen atoms in total. The number of aromatic hydroxyl groups is 1. The van der Waals surface area contributed by atoms with Gasteiger partial charge in [-0.05, 0) is 52.9 Å². The normalized spacial score (nSPS) is 17.2. The van der Waals surface area contributed by atoms with Gasteiger partial charge in [0.05, 0.1) is 36.4 Å². The summed E-state index contributed by atoms with van der Waals surface area (Å²) in [4.78, 5) is 28.2. The quantitative estimate of drug-likeness (QED) is 0.243. The van der Waals surface area contributed by atoms with E-state index in [4.69, 9.17) is 21.1 Å². The number of benzene rings is 3. The van der Waals surface area contributed by atoms with Gasteiger partial charge in [0.2, 0.25) is 0 Å². The number of hydrogen-bond donors (Lipinski definition) is 2. The van der Waals surface area contributed by atoms with Gasteiger partial charge >= 0.3 is 0 Å². The summed E-state index contributed by atoms with van der Waals surface area (Å²) >= 11 is 6.29. The second-order valence-corrected chi connectivity index (χ2v) is 10.1. The van der Waals surface area contributed by atoms with Crippen LogP contribution in [0.4, 0.5) is 5.69 Å². The van der Waals surface area contributed by atoms with Crippen LogP contribution in [0.2, 0.25) is 5.02 Å². The predicted molar refractivity (Wildman–Crippen MR) is 143 cm³/mol. The number of anilines is 1. The minimum atomic E-state index is -1.06. The Morgan fingerprint density at radius 1 is 0.946 bits per heavy atom. The third kappa shape index (κ3) is 4.62. The van der Waals surface area contributed by atoms with E-state index in [2.05, 4.69) is 0 Å². The van der Waals surface area contributed by atoms with E-state index in [9.17, 15) is 19.8 Å². The molecule has 4 rings (SSSR count). The first-order valence-corrected chi connectivity index (χ1v) is 12.0. The van der Waals surface area contributed by atoms with Crippen molar-refractivity contribution < 1.29 is 29.3 Å². The van der Waals surface area contributed by atoms with Crippen molar-refractivity contribution in [3.8, 4) is 17.2 Å². The zero-order chi connectivity index (χ0) is 27.1. The fourth-order valence-electron chi connectivity index (χ4n) is 4.41. The van der Waals surface area contributed by atoms with Gasteiger partial charge in [0, 0.05) is 5.69 Å². The minimum absolute atomic E-state index is 0.0275. The molecule has 1 amide bonds. The number of carbonyl (C=O) groups is 2. The molecule has 0 aliphatic carbocycles. The maximum atomic E-state index is 13.5. The van der Waals surface area contributed by atoms with Crippen molar-refractivity contribution in [3.05, 3.63) is 87.9 Å². The number of ketones is 1. The molecule has 2 N–H and O–H groups in total. The van der Waals surface area contributed by atoms with Crippen molar-refractivity contribution >= 4 is 34.7 Å². The van der Waals surface area contributed by atoms with Crippen molar-refractivity contribution in [1.29, 1.82) is 0 Å². The first-order chi connectivity index (χ1) is 17.5. The van der Waals surface area contributed by atoms with E-state index in [1.54, 1.807) is 42.5 Å². The molecule has 0 saturated carbocycles. The van der Waals surface area contributed by atoms with Crippen LogP contribution < -0.4 is 14.4 Å². The highest BCUT2D eigenvalue weighted by Gasteiger charge is 2.47. The molecule has 3 aromatic rings. The summed E-state index contributed by atoms with van der Waals surface area (Å²) in [6, 6.07) is 15.9. The van der Waals surface area contributed by atoms with Crippen LogP contribution in [0.3, 0.4) is 0 Å². The Hall–Kier alpha value is -3.97. The average Bonchev–Trinajstić information content (AvgIpc) is 3.14. The smallest absolute Gasteiger partial charge is 0.300 e. The Kier molecular flexibility index (Phi) is 6.93. The number of amides is 1. The molecule has 1 fully saturated rings. The number of phenols is 1. The summed E-state index contributed by atoms with van der Waals surface area (Å²) in [6.45, 7) is 6.08. The van der Waals surface area contributed by atoms with E-state index in [1.807, 2.05) is 26.8 Å². The number of hydrogen-bond acceptors (Lipinski definition) is 6. The predicted octanol–water partition coefficient (Wildman–Crippen LogP) is 5.99. The van der Waals surface area contributed by atoms with E-state index in [-0.39, 0.29) is 38.8 Å². The molecule has 37 heavy (non-hydrogen) atoms. The topological polar surface area (TPSA) is 96.3 Å². The van der Waals surface area contributed by atoms with Gasteiger partial charge in [-0.2, -0.15) is 0 Å². The Bertz CT molecular complexity index is 1410. The summed E-state index contributed by atoms with van der Waals surface area (Å²) in [5.41, 5.74) is 1.61. The van der Waals surface area contributed by atoms with Crippen molar-refractivity contribution in [1.82, 2.24) is 0 Å². The van der Waals surface area contributed by atoms with E-state index >= 15 is 0 Å². The molecular formula is C29H28ClNO6. The highest BCUT2D eigenvalue weighted by Crippen LogP contribution is 2.46. The van der Waals surface area contributed by atoms with Gasteiger partial charge in [0.25, 0.3) is 11.7 Å². The first-order valence-electron chi connectivity index (χ1n) is 11.6. The van der Waals surface area contributed by atoms with Crippen LogP contribution in [0.1, 0.15) is 43.5 Å². The van der Waals surface area contributed by atoms with Crippen LogP contribution in [-0.2, 0) is 15.0 Å². The van der Waals surface area contributed by atoms with Crippen LogP contribution in [0.5, 0.6) is 17.2 Å². The van der Waals surface area contributed by atoms with Gasteiger partial charge in [-0.15, -0.1) is 0 Å². The summed E-state index contributed by atoms with van der Waals surface area (Å²) in [6.07, 6.45) is 0. The Labute approximate surface area is 220 Å². The molecule has 0 bridgehead atoms. The van der Waals surface area contributed by atoms with Crippen molar-refractivity contribution in [2.75, 3.05) is 19.1 Å². The number of aliphatic hydroxyl groups is 1. The first kappa shape index (κ1) is 26.1. The van der Waals surface area contributed by atoms with Gasteiger partial charge in [0.15, 0.2) is 11.5 Å². The standard InChI is InChI=1S/C29H28ClNO6/c1-29(2,3)17-11-12-21(36-4)19(15-17)25(32)23-24(16-13-20(30)26(33)22(14-16)37-5)31(28(35)27(23)34)18-9-7-6-8-10-18/h6-15,24,32-33H,1-5H3/b25-23+. The number of rotatable bonds is 5. The Morgan fingerprint density at radius 3 is 2.19 bits per heavy atom. The molecule has 3 aromatic carbocycles. The molecule has 0 spiro atoms. The third-order valence-electron chi connectivity index (χ3n) is 6.39. The molecule has 0 aromatic heterocycles. The fraction of sp³-hybridized carbons (Fsp3) is 0.241. The summed E-state index contributed by atoms with van der Waals surface area (Å²) in [7, 11) is 2.83. The van der Waals surface area contributed by atoms with E-state index in [0.29, 0.717) is 17.0 Å². The molecule has 1 saturated heterocycles. The molecule has 0 radical (unpaired) electrons. The lowest BCUT2D eigenvalue weighted by atomic mass is 9.85. The van der Waals surface area contributed by atoms with Crippen LogP contribution in [0.15, 0.2) is 66.2 Å². The van der Waals surface area contributed by atoms with Gasteiger partial charge in [-0.1, -0.05) is 56.6 Å². The van der Waals surface area contributed by atoms with Gasteiger partial charge in [0.1, 0.15) is 11.5 Å². The Balaban J connectivity index is 2.04. The number of aliphatic hydroxyl groups excluding tert-OH is 1. The molecule has 1 aliphatic heterocycles. The zero-order valence-electron chi connectivity index (χ0n) is 21.2. The van der Waals surface area contributed by atoms with E-state index in [1.165, 1.54) is 31.3 Å². The Morgan fingerprint density at radius 2 is 1.59 bits per heavy atom. The van der Waals surface area contributed by atoms with Crippen molar-refractivity contribution in [2.24, 2.45) is 0 Å². The number of carbonyl (C=O) groups excluding carboxylic acids is 2. The second kappa shape index (κ2) is 9.82. The van der Waals surface area contributed by atoms with Crippen LogP contribution in [0, 0.1) is 0 Å². The number of Topliss-reactive ketones (excluding diaryl/α,β-unsaturated/α-hetero) is 1. The molecule has 1 aliphatic rings. The van der Waals surface area contributed by atoms with Crippen LogP contribution in [0.25, 0.3) is 5.76 Å². The number of ether oxygens (including phenoxy) is 2. The average molecular weight is 522 g/mol. The fourth-order valence-corrected chi connectivity index (χ4v) is 4.63. The van der Waals surface area contributed by atoms with E-state index in [0.717, 1.165) is 5.56 Å². The maximum Gasteiger partial charge on any atom is 0.300 e. The molecule has 8 heteroatoms. The number of halogens is 1. The number of nitrogens with zero attached hydrogens (tertiary/aromatic N) is 1. The highest BCUT2D eigenvalue weighted by molar-refractivity contribution is 6.51. The maximum absolute atomic E-state index is 13.5. The summed E-state index contributed by atoms with van der Waals surface area (Å²) in [5.74, 6) is -1.92. The van der Waals surface area contributed by atoms with Gasteiger partial charge < -0.3 is 19.7 Å². The molecule has 1 atom stereocenters. The zero-order valence-corrected chi connectivity index (χ0v) is 22.0. The van der Waals surface area contributed by atoms with Gasteiger partial charge in [-0.25, -0.2) is 0 Å². The van der Waals surface area contributed by atoms with Crippen LogP contribution >= 0.6 is 11.6 Å². The lowest BCUT2D eigenvalue weighted by Crippen LogP contribution is -2.29. The summed E-state index contributed by atoms with van der Waals surface area (Å²) in [5, 5.41) is 21.9. The van der Waals surface area contributed by atoms with Crippen molar-refractivity contribution in [3.63, 3.8) is 0 Å². The lowest BCUT2D eigenvalue weighted by molar-refractivity contribution is -0.132. The van der Waals surface area contributed by atoms with Gasteiger partial charge in [-0.3, -0.25) is 14.5 Å². The highest BCUT2D eigenvalue weighted by atomic mass is 35.5. The monoisotopic (exact) mass is 521 g/mol. The summed E-state index contributed by atoms with van der Waals surface area (Å²) < 4.78 is 10.8. The third-order valence-corrected chi connectivity index (χ3v) is 6.67.